The average molecular weight is 247 g/mol. The Morgan fingerprint density at radius 2 is 1.94 bits per heavy atom. The fourth-order valence-electron chi connectivity index (χ4n) is 2.53. The van der Waals surface area contributed by atoms with Gasteiger partial charge in [0.05, 0.1) is 5.75 Å². The fourth-order valence-corrected chi connectivity index (χ4v) is 3.22. The van der Waals surface area contributed by atoms with Gasteiger partial charge in [-0.1, -0.05) is 19.8 Å². The summed E-state index contributed by atoms with van der Waals surface area (Å²) in [5.74, 6) is 1.03. The monoisotopic (exact) mass is 247 g/mol. The predicted octanol–water partition coefficient (Wildman–Crippen LogP) is 1.98. The number of sulfone groups is 1. The van der Waals surface area contributed by atoms with Gasteiger partial charge in [-0.2, -0.15) is 0 Å². The summed E-state index contributed by atoms with van der Waals surface area (Å²) in [6, 6.07) is 0.414. The van der Waals surface area contributed by atoms with Gasteiger partial charge in [0.25, 0.3) is 0 Å². The zero-order valence-electron chi connectivity index (χ0n) is 10.5. The summed E-state index contributed by atoms with van der Waals surface area (Å²) in [5.41, 5.74) is 0. The highest BCUT2D eigenvalue weighted by Crippen LogP contribution is 2.29. The van der Waals surface area contributed by atoms with Crippen molar-refractivity contribution in [2.24, 2.45) is 5.92 Å². The molecule has 1 aliphatic carbocycles. The fraction of sp³-hybridized carbons (Fsp3) is 1.00. The average Bonchev–Trinajstić information content (AvgIpc) is 2.69. The van der Waals surface area contributed by atoms with Gasteiger partial charge in [0.2, 0.25) is 0 Å². The maximum absolute atomic E-state index is 11.2. The second-order valence-electron chi connectivity index (χ2n) is 5.02. The van der Waals surface area contributed by atoms with Crippen LogP contribution in [0.25, 0.3) is 0 Å². The molecule has 0 amide bonds. The minimum Gasteiger partial charge on any atom is -0.314 e. The lowest BCUT2D eigenvalue weighted by Gasteiger charge is -2.24. The van der Waals surface area contributed by atoms with Crippen LogP contribution >= 0.6 is 0 Å². The molecule has 1 atom stereocenters. The van der Waals surface area contributed by atoms with Crippen LogP contribution in [0.4, 0.5) is 0 Å². The Morgan fingerprint density at radius 3 is 2.44 bits per heavy atom. The van der Waals surface area contributed by atoms with Crippen molar-refractivity contribution in [3.63, 3.8) is 0 Å². The summed E-state index contributed by atoms with van der Waals surface area (Å²) >= 11 is 0. The third kappa shape index (κ3) is 5.30. The highest BCUT2D eigenvalue weighted by Gasteiger charge is 2.25. The van der Waals surface area contributed by atoms with Crippen LogP contribution in [-0.4, -0.2) is 33.0 Å². The summed E-state index contributed by atoms with van der Waals surface area (Å²) < 4.78 is 22.4. The molecule has 1 N–H and O–H groups in total. The predicted molar refractivity (Wildman–Crippen MR) is 68.4 cm³/mol. The van der Waals surface area contributed by atoms with Crippen molar-refractivity contribution >= 4 is 9.84 Å². The Hall–Kier alpha value is -0.0900. The first-order valence-electron chi connectivity index (χ1n) is 6.44. The van der Waals surface area contributed by atoms with E-state index in [1.807, 2.05) is 0 Å². The Bertz CT molecular complexity index is 281. The van der Waals surface area contributed by atoms with Gasteiger partial charge in [-0.25, -0.2) is 8.42 Å². The van der Waals surface area contributed by atoms with Crippen molar-refractivity contribution in [3.8, 4) is 0 Å². The van der Waals surface area contributed by atoms with E-state index in [2.05, 4.69) is 12.2 Å². The Labute approximate surface area is 99.9 Å². The van der Waals surface area contributed by atoms with E-state index in [9.17, 15) is 8.42 Å². The zero-order chi connectivity index (χ0) is 12.0. The molecule has 0 aliphatic heterocycles. The highest BCUT2D eigenvalue weighted by molar-refractivity contribution is 7.90. The van der Waals surface area contributed by atoms with E-state index in [1.54, 1.807) is 0 Å². The van der Waals surface area contributed by atoms with Crippen LogP contribution in [0, 0.1) is 5.92 Å². The van der Waals surface area contributed by atoms with Gasteiger partial charge in [0.15, 0.2) is 0 Å². The number of hydrogen-bond donors (Lipinski definition) is 1. The van der Waals surface area contributed by atoms with Crippen LogP contribution in [0.1, 0.15) is 45.4 Å². The standard InChI is InChI=1S/C12H25NO2S/c1-3-9-13-12(8-10-16(2,14)15)11-6-4-5-7-11/h11-13H,3-10H2,1-2H3. The summed E-state index contributed by atoms with van der Waals surface area (Å²) in [6.07, 6.45) is 8.39. The van der Waals surface area contributed by atoms with E-state index in [0.29, 0.717) is 17.7 Å². The molecule has 0 heterocycles. The first kappa shape index (κ1) is 14.0. The normalized spacial score (nSPS) is 20.1. The molecule has 0 saturated heterocycles. The smallest absolute Gasteiger partial charge is 0.147 e. The molecule has 1 aliphatic rings. The second kappa shape index (κ2) is 6.60. The molecule has 96 valence electrons. The number of hydrogen-bond acceptors (Lipinski definition) is 3. The van der Waals surface area contributed by atoms with Crippen LogP contribution < -0.4 is 5.32 Å². The van der Waals surface area contributed by atoms with Crippen molar-refractivity contribution < 1.29 is 8.42 Å². The SMILES string of the molecule is CCCNC(CCS(C)(=O)=O)C1CCCC1. The van der Waals surface area contributed by atoms with E-state index >= 15 is 0 Å². The third-order valence-electron chi connectivity index (χ3n) is 3.43. The van der Waals surface area contributed by atoms with Gasteiger partial charge in [-0.15, -0.1) is 0 Å². The van der Waals surface area contributed by atoms with E-state index < -0.39 is 9.84 Å². The molecule has 0 aromatic rings. The molecule has 16 heavy (non-hydrogen) atoms. The molecule has 1 unspecified atom stereocenters. The van der Waals surface area contributed by atoms with E-state index in [0.717, 1.165) is 19.4 Å². The topological polar surface area (TPSA) is 46.2 Å². The Kier molecular flexibility index (Phi) is 5.76. The molecule has 1 fully saturated rings. The van der Waals surface area contributed by atoms with Crippen molar-refractivity contribution in [3.05, 3.63) is 0 Å². The second-order valence-corrected chi connectivity index (χ2v) is 7.28. The lowest BCUT2D eigenvalue weighted by molar-refractivity contribution is 0.350. The maximum Gasteiger partial charge on any atom is 0.147 e. The molecule has 1 saturated carbocycles. The molecule has 4 heteroatoms. The van der Waals surface area contributed by atoms with Gasteiger partial charge >= 0.3 is 0 Å². The van der Waals surface area contributed by atoms with Gasteiger partial charge in [-0.3, -0.25) is 0 Å². The van der Waals surface area contributed by atoms with E-state index in [1.165, 1.54) is 31.9 Å². The van der Waals surface area contributed by atoms with Gasteiger partial charge in [0, 0.05) is 12.3 Å². The number of rotatable bonds is 7. The van der Waals surface area contributed by atoms with Crippen molar-refractivity contribution in [2.75, 3.05) is 18.6 Å². The van der Waals surface area contributed by atoms with Crippen LogP contribution in [-0.2, 0) is 9.84 Å². The molecule has 0 aromatic carbocycles. The molecule has 0 bridgehead atoms. The van der Waals surface area contributed by atoms with Crippen LogP contribution in [0.3, 0.4) is 0 Å². The first-order valence-corrected chi connectivity index (χ1v) is 8.50. The molecule has 0 spiro atoms. The van der Waals surface area contributed by atoms with Crippen LogP contribution in [0.15, 0.2) is 0 Å². The summed E-state index contributed by atoms with van der Waals surface area (Å²) in [6.45, 7) is 3.15. The number of nitrogens with one attached hydrogen (secondary N) is 1. The molecular weight excluding hydrogens is 222 g/mol. The largest absolute Gasteiger partial charge is 0.314 e. The van der Waals surface area contributed by atoms with Gasteiger partial charge < -0.3 is 5.32 Å². The van der Waals surface area contributed by atoms with E-state index in [-0.39, 0.29) is 0 Å². The maximum atomic E-state index is 11.2. The highest BCUT2D eigenvalue weighted by atomic mass is 32.2. The van der Waals surface area contributed by atoms with Crippen molar-refractivity contribution in [1.29, 1.82) is 0 Å². The van der Waals surface area contributed by atoms with Gasteiger partial charge in [0.1, 0.15) is 9.84 Å². The Morgan fingerprint density at radius 1 is 1.31 bits per heavy atom. The molecule has 3 nitrogen and oxygen atoms in total. The Balaban J connectivity index is 2.42. The van der Waals surface area contributed by atoms with Crippen LogP contribution in [0.2, 0.25) is 0 Å². The zero-order valence-corrected chi connectivity index (χ0v) is 11.4. The first-order chi connectivity index (χ1) is 7.53. The van der Waals surface area contributed by atoms with Crippen molar-refractivity contribution in [2.45, 2.75) is 51.5 Å². The lowest BCUT2D eigenvalue weighted by Crippen LogP contribution is -2.37. The van der Waals surface area contributed by atoms with Crippen molar-refractivity contribution in [1.82, 2.24) is 5.32 Å². The van der Waals surface area contributed by atoms with E-state index in [4.69, 9.17) is 0 Å². The lowest BCUT2D eigenvalue weighted by atomic mass is 9.96. The minimum absolute atomic E-state index is 0.324. The summed E-state index contributed by atoms with van der Waals surface area (Å²) in [7, 11) is -2.81. The summed E-state index contributed by atoms with van der Waals surface area (Å²) in [5, 5.41) is 3.52. The van der Waals surface area contributed by atoms with Crippen LogP contribution in [0.5, 0.6) is 0 Å². The quantitative estimate of drug-likeness (QED) is 0.748. The molecule has 1 rings (SSSR count). The molecule has 0 radical (unpaired) electrons. The minimum atomic E-state index is -2.81. The molecular formula is C12H25NO2S. The van der Waals surface area contributed by atoms with Gasteiger partial charge in [-0.05, 0) is 38.1 Å². The summed E-state index contributed by atoms with van der Waals surface area (Å²) in [4.78, 5) is 0. The molecule has 0 aromatic heterocycles. The third-order valence-corrected chi connectivity index (χ3v) is 4.40.